The first-order chi connectivity index (χ1) is 8.70. The fraction of sp³-hybridized carbons (Fsp3) is 0.500. The largest absolute Gasteiger partial charge is 0.337 e. The van der Waals surface area contributed by atoms with Crippen LogP contribution < -0.4 is 5.73 Å². The molecule has 0 bridgehead atoms. The molecule has 2 heterocycles. The van der Waals surface area contributed by atoms with Crippen molar-refractivity contribution >= 4 is 0 Å². The number of hydrogen-bond donors (Lipinski definition) is 1. The van der Waals surface area contributed by atoms with Crippen LogP contribution in [0.4, 0.5) is 0 Å². The number of unbranched alkanes of at least 4 members (excludes halogenated alkanes) is 1. The summed E-state index contributed by atoms with van der Waals surface area (Å²) < 4.78 is 5.14. The average Bonchev–Trinajstić information content (AvgIpc) is 2.86. The van der Waals surface area contributed by atoms with Crippen LogP contribution in [0.25, 0.3) is 11.6 Å². The molecule has 0 aromatic carbocycles. The van der Waals surface area contributed by atoms with Gasteiger partial charge in [0, 0.05) is 12.4 Å². The number of aromatic nitrogens is 4. The highest BCUT2D eigenvalue weighted by molar-refractivity contribution is 5.41. The van der Waals surface area contributed by atoms with Gasteiger partial charge in [-0.25, -0.2) is 9.97 Å². The molecular weight excluding hydrogens is 230 g/mol. The molecule has 0 saturated heterocycles. The summed E-state index contributed by atoms with van der Waals surface area (Å²) in [6.07, 6.45) is 6.41. The number of aryl methyl sites for hydroxylation is 1. The van der Waals surface area contributed by atoms with Gasteiger partial charge >= 0.3 is 0 Å². The Morgan fingerprint density at radius 3 is 2.67 bits per heavy atom. The first kappa shape index (κ1) is 12.6. The molecule has 96 valence electrons. The molecule has 0 aliphatic heterocycles. The molecule has 6 nitrogen and oxygen atoms in total. The standard InChI is InChI=1S/C12H17N5O/c1-3-4-5-9(13)12-16-11(17-18-12)10-14-6-8(2)7-15-10/h6-7,9H,3-5,13H2,1-2H3/t9-/m0/s1. The quantitative estimate of drug-likeness (QED) is 0.869. The van der Waals surface area contributed by atoms with Gasteiger partial charge in [-0.1, -0.05) is 24.9 Å². The van der Waals surface area contributed by atoms with Crippen LogP contribution in [0, 0.1) is 6.92 Å². The Balaban J connectivity index is 2.12. The molecule has 0 aliphatic rings. The maximum Gasteiger partial charge on any atom is 0.243 e. The Bertz CT molecular complexity index is 493. The lowest BCUT2D eigenvalue weighted by atomic mass is 10.1. The van der Waals surface area contributed by atoms with Crippen LogP contribution in [-0.2, 0) is 0 Å². The topological polar surface area (TPSA) is 90.7 Å². The predicted molar refractivity (Wildman–Crippen MR) is 66.5 cm³/mol. The van der Waals surface area contributed by atoms with Gasteiger partial charge in [-0.05, 0) is 18.9 Å². The Kier molecular flexibility index (Phi) is 3.99. The van der Waals surface area contributed by atoms with E-state index in [2.05, 4.69) is 27.0 Å². The summed E-state index contributed by atoms with van der Waals surface area (Å²) in [6.45, 7) is 4.04. The average molecular weight is 247 g/mol. The summed E-state index contributed by atoms with van der Waals surface area (Å²) in [5.41, 5.74) is 6.95. The smallest absolute Gasteiger partial charge is 0.243 e. The molecule has 18 heavy (non-hydrogen) atoms. The second-order valence-corrected chi connectivity index (χ2v) is 4.29. The minimum Gasteiger partial charge on any atom is -0.337 e. The van der Waals surface area contributed by atoms with Crippen LogP contribution in [-0.4, -0.2) is 20.1 Å². The van der Waals surface area contributed by atoms with E-state index in [1.807, 2.05) is 6.92 Å². The molecule has 2 N–H and O–H groups in total. The van der Waals surface area contributed by atoms with Gasteiger partial charge in [-0.3, -0.25) is 0 Å². The summed E-state index contributed by atoms with van der Waals surface area (Å²) in [4.78, 5) is 12.5. The monoisotopic (exact) mass is 247 g/mol. The third-order valence-corrected chi connectivity index (χ3v) is 2.61. The van der Waals surface area contributed by atoms with Crippen LogP contribution in [0.15, 0.2) is 16.9 Å². The first-order valence-electron chi connectivity index (χ1n) is 6.09. The summed E-state index contributed by atoms with van der Waals surface area (Å²) in [5, 5.41) is 3.85. The molecule has 6 heteroatoms. The van der Waals surface area contributed by atoms with Crippen molar-refractivity contribution in [3.8, 4) is 11.6 Å². The van der Waals surface area contributed by atoms with E-state index in [1.54, 1.807) is 12.4 Å². The van der Waals surface area contributed by atoms with Crippen molar-refractivity contribution in [3.63, 3.8) is 0 Å². The van der Waals surface area contributed by atoms with Crippen molar-refractivity contribution in [2.75, 3.05) is 0 Å². The lowest BCUT2D eigenvalue weighted by Gasteiger charge is -2.03. The highest BCUT2D eigenvalue weighted by atomic mass is 16.5. The first-order valence-corrected chi connectivity index (χ1v) is 6.09. The maximum absolute atomic E-state index is 5.96. The van der Waals surface area contributed by atoms with Gasteiger partial charge in [-0.2, -0.15) is 4.98 Å². The van der Waals surface area contributed by atoms with Gasteiger partial charge in [0.1, 0.15) is 0 Å². The van der Waals surface area contributed by atoms with E-state index in [9.17, 15) is 0 Å². The summed E-state index contributed by atoms with van der Waals surface area (Å²) in [5.74, 6) is 1.29. The van der Waals surface area contributed by atoms with E-state index in [-0.39, 0.29) is 6.04 Å². The summed E-state index contributed by atoms with van der Waals surface area (Å²) in [7, 11) is 0. The molecular formula is C12H17N5O. The van der Waals surface area contributed by atoms with E-state index in [4.69, 9.17) is 10.3 Å². The van der Waals surface area contributed by atoms with Gasteiger partial charge in [0.2, 0.25) is 17.5 Å². The van der Waals surface area contributed by atoms with E-state index in [1.165, 1.54) is 0 Å². The van der Waals surface area contributed by atoms with Crippen molar-refractivity contribution in [3.05, 3.63) is 23.8 Å². The maximum atomic E-state index is 5.96. The molecule has 0 saturated carbocycles. The highest BCUT2D eigenvalue weighted by Crippen LogP contribution is 2.17. The molecule has 0 fully saturated rings. The van der Waals surface area contributed by atoms with Crippen LogP contribution in [0.3, 0.4) is 0 Å². The predicted octanol–water partition coefficient (Wildman–Crippen LogP) is 2.03. The normalized spacial score (nSPS) is 12.6. The van der Waals surface area contributed by atoms with Crippen molar-refractivity contribution in [2.45, 2.75) is 39.2 Å². The highest BCUT2D eigenvalue weighted by Gasteiger charge is 2.16. The fourth-order valence-corrected chi connectivity index (χ4v) is 1.53. The van der Waals surface area contributed by atoms with E-state index in [0.29, 0.717) is 17.5 Å². The molecule has 0 radical (unpaired) electrons. The molecule has 2 aromatic rings. The van der Waals surface area contributed by atoms with Gasteiger partial charge in [-0.15, -0.1) is 0 Å². The van der Waals surface area contributed by atoms with Crippen LogP contribution in [0.5, 0.6) is 0 Å². The lowest BCUT2D eigenvalue weighted by Crippen LogP contribution is -2.10. The molecule has 0 unspecified atom stereocenters. The van der Waals surface area contributed by atoms with Crippen molar-refractivity contribution in [1.82, 2.24) is 20.1 Å². The van der Waals surface area contributed by atoms with Crippen molar-refractivity contribution in [1.29, 1.82) is 0 Å². The van der Waals surface area contributed by atoms with Gasteiger partial charge in [0.15, 0.2) is 0 Å². The second-order valence-electron chi connectivity index (χ2n) is 4.29. The molecule has 2 rings (SSSR count). The molecule has 0 aliphatic carbocycles. The van der Waals surface area contributed by atoms with E-state index >= 15 is 0 Å². The van der Waals surface area contributed by atoms with Crippen molar-refractivity contribution in [2.24, 2.45) is 5.73 Å². The van der Waals surface area contributed by atoms with Crippen LogP contribution in [0.1, 0.15) is 43.7 Å². The van der Waals surface area contributed by atoms with E-state index in [0.717, 1.165) is 24.8 Å². The molecule has 0 spiro atoms. The third-order valence-electron chi connectivity index (χ3n) is 2.61. The van der Waals surface area contributed by atoms with E-state index < -0.39 is 0 Å². The summed E-state index contributed by atoms with van der Waals surface area (Å²) in [6, 6.07) is -0.211. The second kappa shape index (κ2) is 5.68. The van der Waals surface area contributed by atoms with Gasteiger partial charge in [0.25, 0.3) is 0 Å². The Morgan fingerprint density at radius 2 is 2.00 bits per heavy atom. The number of nitrogens with zero attached hydrogens (tertiary/aromatic N) is 4. The zero-order valence-corrected chi connectivity index (χ0v) is 10.6. The zero-order chi connectivity index (χ0) is 13.0. The Hall–Kier alpha value is -1.82. The van der Waals surface area contributed by atoms with Crippen LogP contribution in [0.2, 0.25) is 0 Å². The Labute approximate surface area is 106 Å². The van der Waals surface area contributed by atoms with Gasteiger partial charge < -0.3 is 10.3 Å². The van der Waals surface area contributed by atoms with Gasteiger partial charge in [0.05, 0.1) is 6.04 Å². The minimum atomic E-state index is -0.211. The summed E-state index contributed by atoms with van der Waals surface area (Å²) >= 11 is 0. The number of hydrogen-bond acceptors (Lipinski definition) is 6. The lowest BCUT2D eigenvalue weighted by molar-refractivity contribution is 0.346. The number of rotatable bonds is 5. The Morgan fingerprint density at radius 1 is 1.28 bits per heavy atom. The third kappa shape index (κ3) is 2.89. The molecule has 0 amide bonds. The van der Waals surface area contributed by atoms with Crippen molar-refractivity contribution < 1.29 is 4.52 Å². The number of nitrogens with two attached hydrogens (primary N) is 1. The van der Waals surface area contributed by atoms with Crippen LogP contribution >= 0.6 is 0 Å². The SMILES string of the molecule is CCCC[C@H](N)c1nc(-c2ncc(C)cn2)no1. The molecule has 1 atom stereocenters. The minimum absolute atomic E-state index is 0.211. The molecule has 2 aromatic heterocycles. The zero-order valence-electron chi connectivity index (χ0n) is 10.6. The fourth-order valence-electron chi connectivity index (χ4n) is 1.53.